The van der Waals surface area contributed by atoms with E-state index in [1.165, 1.54) is 6.21 Å². The van der Waals surface area contributed by atoms with Crippen LogP contribution in [0.3, 0.4) is 0 Å². The fourth-order valence-corrected chi connectivity index (χ4v) is 0.801. The Hall–Kier alpha value is -0.810. The Bertz CT molecular complexity index is 120. The Labute approximate surface area is 71.8 Å². The maximum atomic E-state index is 9.92. The summed E-state index contributed by atoms with van der Waals surface area (Å²) < 4.78 is 5.12. The molecule has 0 amide bonds. The first-order chi connectivity index (χ1) is 5.85. The summed E-state index contributed by atoms with van der Waals surface area (Å²) in [5, 5.41) is 9.61. The second-order valence-electron chi connectivity index (χ2n) is 2.48. The highest BCUT2D eigenvalue weighted by atomic mass is 16.5. The standard InChI is InChI=1S/C7H15N3O2/c8-2-1-7(5-10-11)6-12-4-3-9/h2,7-8H,1,3-6,9H2. The molecule has 0 aromatic carbocycles. The zero-order valence-electron chi connectivity index (χ0n) is 7.03. The van der Waals surface area contributed by atoms with Gasteiger partial charge in [0, 0.05) is 12.5 Å². The minimum Gasteiger partial charge on any atom is -0.380 e. The van der Waals surface area contributed by atoms with Gasteiger partial charge in [0.25, 0.3) is 0 Å². The molecule has 0 fully saturated rings. The molecule has 1 unspecified atom stereocenters. The average Bonchev–Trinajstić information content (AvgIpc) is 2.06. The van der Waals surface area contributed by atoms with Crippen LogP contribution in [0.4, 0.5) is 0 Å². The molecule has 12 heavy (non-hydrogen) atoms. The highest BCUT2D eigenvalue weighted by molar-refractivity contribution is 5.53. The number of nitrogens with zero attached hydrogens (tertiary/aromatic N) is 1. The van der Waals surface area contributed by atoms with Crippen LogP contribution in [0.2, 0.25) is 0 Å². The van der Waals surface area contributed by atoms with Gasteiger partial charge in [-0.3, -0.25) is 0 Å². The molecular formula is C7H15N3O2. The first kappa shape index (κ1) is 11.2. The molecule has 0 spiro atoms. The minimum atomic E-state index is 0.0338. The van der Waals surface area contributed by atoms with E-state index in [1.807, 2.05) is 0 Å². The largest absolute Gasteiger partial charge is 0.380 e. The van der Waals surface area contributed by atoms with Gasteiger partial charge in [-0.2, -0.15) is 4.91 Å². The van der Waals surface area contributed by atoms with Gasteiger partial charge in [0.1, 0.15) is 0 Å². The second-order valence-corrected chi connectivity index (χ2v) is 2.48. The molecule has 0 heterocycles. The van der Waals surface area contributed by atoms with Gasteiger partial charge in [-0.1, -0.05) is 5.18 Å². The molecule has 70 valence electrons. The number of nitroso groups, excluding NO2 is 1. The van der Waals surface area contributed by atoms with Gasteiger partial charge in [0.2, 0.25) is 0 Å². The highest BCUT2D eigenvalue weighted by Gasteiger charge is 2.06. The molecule has 5 heteroatoms. The van der Waals surface area contributed by atoms with Crippen LogP contribution in [-0.2, 0) is 4.74 Å². The van der Waals surface area contributed by atoms with E-state index >= 15 is 0 Å². The Morgan fingerprint density at radius 1 is 1.67 bits per heavy atom. The number of hydrogen-bond donors (Lipinski definition) is 2. The smallest absolute Gasteiger partial charge is 0.0864 e. The number of hydrogen-bond acceptors (Lipinski definition) is 5. The summed E-state index contributed by atoms with van der Waals surface area (Å²) in [4.78, 5) is 9.92. The van der Waals surface area contributed by atoms with Crippen molar-refractivity contribution in [3.63, 3.8) is 0 Å². The van der Waals surface area contributed by atoms with Crippen LogP contribution in [0.15, 0.2) is 5.18 Å². The zero-order valence-corrected chi connectivity index (χ0v) is 7.03. The molecule has 0 aliphatic heterocycles. The lowest BCUT2D eigenvalue weighted by Crippen LogP contribution is -2.17. The number of ether oxygens (including phenoxy) is 1. The van der Waals surface area contributed by atoms with Gasteiger partial charge < -0.3 is 15.9 Å². The van der Waals surface area contributed by atoms with E-state index in [0.29, 0.717) is 26.2 Å². The summed E-state index contributed by atoms with van der Waals surface area (Å²) in [6.45, 7) is 1.64. The number of nitrogens with one attached hydrogen (secondary N) is 1. The maximum Gasteiger partial charge on any atom is 0.0864 e. The van der Waals surface area contributed by atoms with Crippen LogP contribution in [-0.4, -0.2) is 32.5 Å². The van der Waals surface area contributed by atoms with Crippen LogP contribution in [0.25, 0.3) is 0 Å². The number of nitrogens with two attached hydrogens (primary N) is 1. The van der Waals surface area contributed by atoms with Crippen molar-refractivity contribution in [3.8, 4) is 0 Å². The Morgan fingerprint density at radius 2 is 2.42 bits per heavy atom. The third-order valence-electron chi connectivity index (χ3n) is 1.40. The fourth-order valence-electron chi connectivity index (χ4n) is 0.801. The lowest BCUT2D eigenvalue weighted by molar-refractivity contribution is 0.110. The van der Waals surface area contributed by atoms with Crippen molar-refractivity contribution < 1.29 is 4.74 Å². The third kappa shape index (κ3) is 5.94. The maximum absolute atomic E-state index is 9.92. The van der Waals surface area contributed by atoms with E-state index in [-0.39, 0.29) is 12.5 Å². The molecule has 0 aromatic heterocycles. The van der Waals surface area contributed by atoms with Gasteiger partial charge in [0.15, 0.2) is 0 Å². The van der Waals surface area contributed by atoms with Gasteiger partial charge in [-0.15, -0.1) is 0 Å². The first-order valence-electron chi connectivity index (χ1n) is 3.91. The average molecular weight is 173 g/mol. The second kappa shape index (κ2) is 8.29. The third-order valence-corrected chi connectivity index (χ3v) is 1.40. The predicted octanol–water partition coefficient (Wildman–Crippen LogP) is 0.384. The molecule has 0 aromatic rings. The van der Waals surface area contributed by atoms with E-state index in [4.69, 9.17) is 15.9 Å². The highest BCUT2D eigenvalue weighted by Crippen LogP contribution is 2.02. The lowest BCUT2D eigenvalue weighted by atomic mass is 10.1. The zero-order chi connectivity index (χ0) is 9.23. The van der Waals surface area contributed by atoms with Gasteiger partial charge in [0.05, 0.1) is 19.8 Å². The summed E-state index contributed by atoms with van der Waals surface area (Å²) in [6.07, 6.45) is 1.80. The van der Waals surface area contributed by atoms with Crippen molar-refractivity contribution in [2.45, 2.75) is 6.42 Å². The van der Waals surface area contributed by atoms with E-state index in [2.05, 4.69) is 5.18 Å². The molecule has 5 nitrogen and oxygen atoms in total. The molecule has 0 saturated heterocycles. The van der Waals surface area contributed by atoms with Crippen LogP contribution in [0, 0.1) is 16.2 Å². The molecule has 0 aliphatic rings. The molecule has 0 rings (SSSR count). The quantitative estimate of drug-likeness (QED) is 0.316. The van der Waals surface area contributed by atoms with Crippen molar-refractivity contribution in [1.82, 2.24) is 0 Å². The Balaban J connectivity index is 3.47. The summed E-state index contributed by atoms with van der Waals surface area (Å²) in [5.74, 6) is 0.0338. The predicted molar refractivity (Wildman–Crippen MR) is 47.4 cm³/mol. The van der Waals surface area contributed by atoms with Crippen LogP contribution >= 0.6 is 0 Å². The molecule has 1 atom stereocenters. The van der Waals surface area contributed by atoms with Crippen LogP contribution in [0.5, 0.6) is 0 Å². The van der Waals surface area contributed by atoms with Crippen molar-refractivity contribution in [2.75, 3.05) is 26.3 Å². The fraction of sp³-hybridized carbons (Fsp3) is 0.857. The van der Waals surface area contributed by atoms with Gasteiger partial charge in [-0.05, 0) is 12.6 Å². The topological polar surface area (TPSA) is 88.5 Å². The summed E-state index contributed by atoms with van der Waals surface area (Å²) in [7, 11) is 0. The Kier molecular flexibility index (Phi) is 7.73. The van der Waals surface area contributed by atoms with Crippen molar-refractivity contribution in [2.24, 2.45) is 16.8 Å². The Morgan fingerprint density at radius 3 is 2.92 bits per heavy atom. The molecular weight excluding hydrogens is 158 g/mol. The monoisotopic (exact) mass is 173 g/mol. The normalized spacial score (nSPS) is 12.4. The van der Waals surface area contributed by atoms with Gasteiger partial charge >= 0.3 is 0 Å². The summed E-state index contributed by atoms with van der Waals surface area (Å²) in [6, 6.07) is 0. The van der Waals surface area contributed by atoms with Crippen LogP contribution < -0.4 is 5.73 Å². The first-order valence-corrected chi connectivity index (χ1v) is 3.91. The molecule has 0 saturated carbocycles. The van der Waals surface area contributed by atoms with Crippen molar-refractivity contribution in [3.05, 3.63) is 4.91 Å². The van der Waals surface area contributed by atoms with E-state index in [0.717, 1.165) is 0 Å². The minimum absolute atomic E-state index is 0.0338. The molecule has 3 N–H and O–H groups in total. The molecule has 0 radical (unpaired) electrons. The lowest BCUT2D eigenvalue weighted by Gasteiger charge is -2.09. The number of rotatable bonds is 8. The van der Waals surface area contributed by atoms with E-state index in [9.17, 15) is 4.91 Å². The van der Waals surface area contributed by atoms with Gasteiger partial charge in [-0.25, -0.2) is 0 Å². The molecule has 0 bridgehead atoms. The summed E-state index contributed by atoms with van der Waals surface area (Å²) >= 11 is 0. The van der Waals surface area contributed by atoms with Crippen LogP contribution in [0.1, 0.15) is 6.42 Å². The molecule has 0 aliphatic carbocycles. The van der Waals surface area contributed by atoms with Crippen molar-refractivity contribution in [1.29, 1.82) is 5.41 Å². The van der Waals surface area contributed by atoms with E-state index < -0.39 is 0 Å². The van der Waals surface area contributed by atoms with Crippen molar-refractivity contribution >= 4 is 6.21 Å². The summed E-state index contributed by atoms with van der Waals surface area (Å²) in [5.41, 5.74) is 5.21. The van der Waals surface area contributed by atoms with E-state index in [1.54, 1.807) is 0 Å². The SMILES string of the molecule is N=CCC(CN=O)COCCN.